The largest absolute Gasteiger partial charge is 0.464 e. The molecule has 150 valence electrons. The number of ether oxygens (including phenoxy) is 1. The van der Waals surface area contributed by atoms with E-state index in [9.17, 15) is 23.3 Å². The molecule has 9 heteroatoms. The Bertz CT molecular complexity index is 942. The summed E-state index contributed by atoms with van der Waals surface area (Å²) in [6.07, 6.45) is -0.882. The van der Waals surface area contributed by atoms with Crippen LogP contribution in [0, 0.1) is 17.0 Å². The van der Waals surface area contributed by atoms with Crippen LogP contribution in [0.1, 0.15) is 24.5 Å². The molecule has 2 aromatic carbocycles. The highest BCUT2D eigenvalue weighted by atomic mass is 32.2. The first-order valence-corrected chi connectivity index (χ1v) is 10.0. The van der Waals surface area contributed by atoms with Crippen LogP contribution in [0.3, 0.4) is 0 Å². The first-order valence-electron chi connectivity index (χ1n) is 8.63. The predicted octanol–water partition coefficient (Wildman–Crippen LogP) is 3.17. The summed E-state index contributed by atoms with van der Waals surface area (Å²) in [5.41, 5.74) is 0.797. The van der Waals surface area contributed by atoms with Crippen molar-refractivity contribution in [2.24, 2.45) is 0 Å². The monoisotopic (exact) mass is 407 g/mol. The molecule has 0 aliphatic rings. The van der Waals surface area contributed by atoms with Crippen molar-refractivity contribution in [3.63, 3.8) is 0 Å². The zero-order valence-electron chi connectivity index (χ0n) is 15.5. The minimum absolute atomic E-state index is 0.0694. The first-order chi connectivity index (χ1) is 13.2. The van der Waals surface area contributed by atoms with E-state index in [1.807, 2.05) is 30.3 Å². The van der Waals surface area contributed by atoms with Crippen LogP contribution in [0.25, 0.3) is 0 Å². The summed E-state index contributed by atoms with van der Waals surface area (Å²) < 4.78 is 35.5. The fourth-order valence-electron chi connectivity index (χ4n) is 2.56. The molecule has 2 aromatic rings. The molecule has 1 atom stereocenters. The van der Waals surface area contributed by atoms with Crippen molar-refractivity contribution in [1.29, 1.82) is 0 Å². The van der Waals surface area contributed by atoms with Crippen molar-refractivity contribution in [2.45, 2.75) is 37.7 Å². The summed E-state index contributed by atoms with van der Waals surface area (Å²) >= 11 is 0. The van der Waals surface area contributed by atoms with Crippen LogP contribution >= 0.6 is 0 Å². The van der Waals surface area contributed by atoms with E-state index >= 15 is 0 Å². The van der Waals surface area contributed by atoms with E-state index in [0.29, 0.717) is 6.42 Å². The number of non-ortho nitro benzene ring substituents is 1. The van der Waals surface area contributed by atoms with Gasteiger partial charge in [0.15, 0.2) is 6.10 Å². The van der Waals surface area contributed by atoms with Crippen molar-refractivity contribution >= 4 is 21.8 Å². The Labute approximate surface area is 163 Å². The smallest absolute Gasteiger partial charge is 0.336 e. The second kappa shape index (κ2) is 9.43. The van der Waals surface area contributed by atoms with Gasteiger partial charge in [0.1, 0.15) is 4.90 Å². The van der Waals surface area contributed by atoms with Crippen LogP contribution < -0.4 is 0 Å². The molecule has 0 amide bonds. The molecule has 0 heterocycles. The Hall–Kier alpha value is -2.78. The highest BCUT2D eigenvalue weighted by Gasteiger charge is 2.30. The molecule has 0 aliphatic heterocycles. The molecule has 0 aliphatic carbocycles. The molecule has 0 N–H and O–H groups in total. The number of nitrogens with zero attached hydrogens (tertiary/aromatic N) is 1. The Kier molecular flexibility index (Phi) is 7.24. The van der Waals surface area contributed by atoms with Crippen LogP contribution in [-0.2, 0) is 30.3 Å². The molecule has 8 nitrogen and oxygen atoms in total. The minimum Gasteiger partial charge on any atom is -0.464 e. The SMILES string of the molecule is CCOC(=O)[C@@H](CCc1ccccc1)OS(=O)(=O)c1cc([N+](=O)[O-])ccc1C. The average molecular weight is 407 g/mol. The van der Waals surface area contributed by atoms with E-state index in [1.165, 1.54) is 19.1 Å². The van der Waals surface area contributed by atoms with Crippen molar-refractivity contribution in [3.8, 4) is 0 Å². The molecule has 0 saturated carbocycles. The maximum absolute atomic E-state index is 12.7. The molecule has 0 radical (unpaired) electrons. The van der Waals surface area contributed by atoms with Crippen molar-refractivity contribution < 1.29 is 27.1 Å². The van der Waals surface area contributed by atoms with Gasteiger partial charge in [0.05, 0.1) is 11.5 Å². The lowest BCUT2D eigenvalue weighted by atomic mass is 10.1. The van der Waals surface area contributed by atoms with E-state index < -0.39 is 27.1 Å². The van der Waals surface area contributed by atoms with Crippen molar-refractivity contribution in [3.05, 3.63) is 69.8 Å². The third-order valence-corrected chi connectivity index (χ3v) is 5.45. The number of aryl methyl sites for hydroxylation is 2. The Morgan fingerprint density at radius 1 is 1.18 bits per heavy atom. The number of esters is 1. The summed E-state index contributed by atoms with van der Waals surface area (Å²) in [5, 5.41) is 11.0. The summed E-state index contributed by atoms with van der Waals surface area (Å²) in [7, 11) is -4.42. The quantitative estimate of drug-likeness (QED) is 0.271. The zero-order chi connectivity index (χ0) is 20.7. The Morgan fingerprint density at radius 2 is 1.86 bits per heavy atom. The molecule has 0 unspecified atom stereocenters. The maximum atomic E-state index is 12.7. The number of nitro groups is 1. The lowest BCUT2D eigenvalue weighted by Gasteiger charge is -2.17. The fourth-order valence-corrected chi connectivity index (χ4v) is 3.87. The predicted molar refractivity (Wildman–Crippen MR) is 101 cm³/mol. The number of carbonyl (C=O) groups excluding carboxylic acids is 1. The van der Waals surface area contributed by atoms with Gasteiger partial charge in [-0.3, -0.25) is 14.3 Å². The van der Waals surface area contributed by atoms with Gasteiger partial charge >= 0.3 is 5.97 Å². The second-order valence-corrected chi connectivity index (χ2v) is 7.56. The standard InChI is InChI=1S/C19H21NO7S/c1-3-26-19(21)17(12-10-15-7-5-4-6-8-15)27-28(24,25)18-13-16(20(22)23)11-9-14(18)2/h4-9,11,13,17H,3,10,12H2,1-2H3/t17-/m1/s1. The zero-order valence-corrected chi connectivity index (χ0v) is 16.3. The second-order valence-electron chi connectivity index (χ2n) is 6.02. The lowest BCUT2D eigenvalue weighted by molar-refractivity contribution is -0.385. The van der Waals surface area contributed by atoms with Gasteiger partial charge < -0.3 is 4.74 Å². The molecule has 0 aromatic heterocycles. The molecular weight excluding hydrogens is 386 g/mol. The van der Waals surface area contributed by atoms with Gasteiger partial charge in [0, 0.05) is 12.1 Å². The molecule has 0 bridgehead atoms. The first kappa shape index (κ1) is 21.5. The summed E-state index contributed by atoms with van der Waals surface area (Å²) in [4.78, 5) is 22.1. The number of hydrogen-bond acceptors (Lipinski definition) is 7. The minimum atomic E-state index is -4.42. The molecule has 0 fully saturated rings. The number of benzene rings is 2. The van der Waals surface area contributed by atoms with Gasteiger partial charge in [0.25, 0.3) is 15.8 Å². The van der Waals surface area contributed by atoms with Crippen LogP contribution in [0.4, 0.5) is 5.69 Å². The van der Waals surface area contributed by atoms with E-state index in [-0.39, 0.29) is 29.2 Å². The number of nitro benzene ring substituents is 1. The highest BCUT2D eigenvalue weighted by molar-refractivity contribution is 7.86. The van der Waals surface area contributed by atoms with E-state index in [0.717, 1.165) is 11.6 Å². The van der Waals surface area contributed by atoms with Crippen LogP contribution in [0.15, 0.2) is 53.4 Å². The van der Waals surface area contributed by atoms with Gasteiger partial charge in [-0.1, -0.05) is 36.4 Å². The van der Waals surface area contributed by atoms with Gasteiger partial charge in [0.2, 0.25) is 0 Å². The molecule has 2 rings (SSSR count). The summed E-state index contributed by atoms with van der Waals surface area (Å²) in [6, 6.07) is 12.6. The fraction of sp³-hybridized carbons (Fsp3) is 0.316. The Morgan fingerprint density at radius 3 is 2.46 bits per heavy atom. The summed E-state index contributed by atoms with van der Waals surface area (Å²) in [5.74, 6) is -0.801. The van der Waals surface area contributed by atoms with Gasteiger partial charge in [-0.15, -0.1) is 0 Å². The van der Waals surface area contributed by atoms with E-state index in [4.69, 9.17) is 8.92 Å². The van der Waals surface area contributed by atoms with Crippen molar-refractivity contribution in [2.75, 3.05) is 6.61 Å². The number of carbonyl (C=O) groups is 1. The highest BCUT2D eigenvalue weighted by Crippen LogP contribution is 2.25. The lowest BCUT2D eigenvalue weighted by Crippen LogP contribution is -2.30. The van der Waals surface area contributed by atoms with Gasteiger partial charge in [-0.2, -0.15) is 8.42 Å². The topological polar surface area (TPSA) is 113 Å². The van der Waals surface area contributed by atoms with Crippen molar-refractivity contribution in [1.82, 2.24) is 0 Å². The third-order valence-electron chi connectivity index (χ3n) is 3.98. The van der Waals surface area contributed by atoms with Crippen LogP contribution in [0.2, 0.25) is 0 Å². The maximum Gasteiger partial charge on any atom is 0.336 e. The summed E-state index contributed by atoms with van der Waals surface area (Å²) in [6.45, 7) is 3.16. The average Bonchev–Trinajstić information content (AvgIpc) is 2.66. The van der Waals surface area contributed by atoms with Gasteiger partial charge in [-0.25, -0.2) is 4.79 Å². The van der Waals surface area contributed by atoms with E-state index in [2.05, 4.69) is 0 Å². The molecule has 28 heavy (non-hydrogen) atoms. The molecule has 0 saturated heterocycles. The Balaban J connectivity index is 2.27. The number of rotatable bonds is 9. The van der Waals surface area contributed by atoms with Crippen LogP contribution in [-0.4, -0.2) is 32.0 Å². The molecular formula is C19H21NO7S. The van der Waals surface area contributed by atoms with Crippen LogP contribution in [0.5, 0.6) is 0 Å². The number of hydrogen-bond donors (Lipinski definition) is 0. The van der Waals surface area contributed by atoms with E-state index in [1.54, 1.807) is 6.92 Å². The molecule has 0 spiro atoms. The third kappa shape index (κ3) is 5.61. The normalized spacial score (nSPS) is 12.4. The van der Waals surface area contributed by atoms with Gasteiger partial charge in [-0.05, 0) is 37.8 Å².